The second-order valence-corrected chi connectivity index (χ2v) is 7.57. The Kier molecular flexibility index (Phi) is 4.68. The van der Waals surface area contributed by atoms with Crippen LogP contribution in [0.15, 0.2) is 30.3 Å². The summed E-state index contributed by atoms with van der Waals surface area (Å²) >= 11 is 8.08. The number of nitrogens with one attached hydrogen (secondary N) is 1. The summed E-state index contributed by atoms with van der Waals surface area (Å²) in [5.41, 5.74) is 2.83. The molecule has 1 aromatic carbocycles. The lowest BCUT2D eigenvalue weighted by Crippen LogP contribution is -2.21. The Morgan fingerprint density at radius 3 is 2.67 bits per heavy atom. The molecule has 1 heterocycles. The number of rotatable bonds is 4. The van der Waals surface area contributed by atoms with Crippen LogP contribution in [0.25, 0.3) is 0 Å². The lowest BCUT2D eigenvalue weighted by Gasteiger charge is -2.19. The quantitative estimate of drug-likeness (QED) is 0.763. The zero-order chi connectivity index (χ0) is 14.8. The summed E-state index contributed by atoms with van der Waals surface area (Å²) in [7, 11) is 0. The molecule has 2 aromatic rings. The monoisotopic (exact) mass is 319 g/mol. The number of benzene rings is 1. The summed E-state index contributed by atoms with van der Waals surface area (Å²) in [6.07, 6.45) is 5.25. The topological polar surface area (TPSA) is 12.0 Å². The predicted octanol–water partition coefficient (Wildman–Crippen LogP) is 5.69. The van der Waals surface area contributed by atoms with E-state index in [1.54, 1.807) is 10.4 Å². The summed E-state index contributed by atoms with van der Waals surface area (Å²) < 4.78 is 0. The highest BCUT2D eigenvalue weighted by Gasteiger charge is 2.18. The van der Waals surface area contributed by atoms with Crippen LogP contribution in [0.5, 0.6) is 0 Å². The summed E-state index contributed by atoms with van der Waals surface area (Å²) in [4.78, 5) is 3.08. The van der Waals surface area contributed by atoms with Crippen molar-refractivity contribution in [1.29, 1.82) is 0 Å². The Balaban J connectivity index is 1.70. The Morgan fingerprint density at radius 2 is 1.90 bits per heavy atom. The Hall–Kier alpha value is -0.830. The fraction of sp³-hybridized carbons (Fsp3) is 0.444. The molecule has 3 heteroatoms. The minimum atomic E-state index is 0.304. The van der Waals surface area contributed by atoms with Crippen molar-refractivity contribution >= 4 is 22.9 Å². The maximum Gasteiger partial charge on any atom is 0.0409 e. The minimum absolute atomic E-state index is 0.304. The van der Waals surface area contributed by atoms with Crippen LogP contribution in [0, 0.1) is 0 Å². The van der Waals surface area contributed by atoms with Gasteiger partial charge in [-0.25, -0.2) is 0 Å². The zero-order valence-electron chi connectivity index (χ0n) is 12.7. The second-order valence-electron chi connectivity index (χ2n) is 5.97. The maximum absolute atomic E-state index is 6.09. The van der Waals surface area contributed by atoms with Crippen LogP contribution in [-0.4, -0.2) is 0 Å². The average molecular weight is 320 g/mol. The average Bonchev–Trinajstić information content (AvgIpc) is 2.91. The fourth-order valence-electron chi connectivity index (χ4n) is 3.06. The highest BCUT2D eigenvalue weighted by atomic mass is 35.5. The normalized spacial score (nSPS) is 17.3. The van der Waals surface area contributed by atoms with E-state index in [1.807, 2.05) is 29.5 Å². The van der Waals surface area contributed by atoms with Crippen LogP contribution >= 0.6 is 22.9 Å². The predicted molar refractivity (Wildman–Crippen MR) is 92.4 cm³/mol. The first-order chi connectivity index (χ1) is 10.1. The molecule has 21 heavy (non-hydrogen) atoms. The summed E-state index contributed by atoms with van der Waals surface area (Å²) in [5.74, 6) is 0. The summed E-state index contributed by atoms with van der Waals surface area (Å²) in [6.45, 7) is 4.47. The molecule has 1 aliphatic carbocycles. The van der Waals surface area contributed by atoms with Crippen LogP contribution in [-0.2, 0) is 12.8 Å². The highest BCUT2D eigenvalue weighted by Crippen LogP contribution is 2.33. The molecule has 0 radical (unpaired) electrons. The van der Waals surface area contributed by atoms with Gasteiger partial charge in [-0.1, -0.05) is 23.7 Å². The third kappa shape index (κ3) is 3.50. The standard InChI is InChI=1S/C18H22ClNS/c1-12(14-7-5-8-16(19)10-14)20-13(2)18-11-15-6-3-4-9-17(15)21-18/h5,7-8,10-13,20H,3-4,6,9H2,1-2H3/t12-,13?/m1/s1. The van der Waals surface area contributed by atoms with Gasteiger partial charge in [-0.15, -0.1) is 11.3 Å². The van der Waals surface area contributed by atoms with E-state index in [0.29, 0.717) is 12.1 Å². The number of thiophene rings is 1. The van der Waals surface area contributed by atoms with Crippen molar-refractivity contribution in [3.8, 4) is 0 Å². The Labute approximate surface area is 136 Å². The van der Waals surface area contributed by atoms with Crippen LogP contribution in [0.1, 0.15) is 59.7 Å². The third-order valence-electron chi connectivity index (χ3n) is 4.29. The molecule has 1 nitrogen and oxygen atoms in total. The molecule has 0 spiro atoms. The van der Waals surface area contributed by atoms with E-state index in [1.165, 1.54) is 36.1 Å². The Bertz CT molecular complexity index is 596. The van der Waals surface area contributed by atoms with Crippen molar-refractivity contribution in [1.82, 2.24) is 5.32 Å². The van der Waals surface area contributed by atoms with Gasteiger partial charge in [-0.3, -0.25) is 0 Å². The van der Waals surface area contributed by atoms with E-state index in [0.717, 1.165) is 5.02 Å². The molecule has 0 bridgehead atoms. The lowest BCUT2D eigenvalue weighted by atomic mass is 9.99. The summed E-state index contributed by atoms with van der Waals surface area (Å²) in [5, 5.41) is 4.51. The summed E-state index contributed by atoms with van der Waals surface area (Å²) in [6, 6.07) is 11.2. The molecule has 0 aliphatic heterocycles. The van der Waals surface area contributed by atoms with Gasteiger partial charge < -0.3 is 5.32 Å². The van der Waals surface area contributed by atoms with E-state index in [2.05, 4.69) is 31.3 Å². The molecule has 112 valence electrons. The molecule has 1 aromatic heterocycles. The third-order valence-corrected chi connectivity index (χ3v) is 5.95. The van der Waals surface area contributed by atoms with Crippen molar-refractivity contribution in [2.24, 2.45) is 0 Å². The molecule has 0 amide bonds. The Morgan fingerprint density at radius 1 is 1.10 bits per heavy atom. The van der Waals surface area contributed by atoms with Gasteiger partial charge in [0.1, 0.15) is 0 Å². The molecule has 2 atom stereocenters. The molecule has 1 N–H and O–H groups in total. The first kappa shape index (κ1) is 15.1. The van der Waals surface area contributed by atoms with Crippen LogP contribution in [0.2, 0.25) is 5.02 Å². The molecule has 0 fully saturated rings. The van der Waals surface area contributed by atoms with Gasteiger partial charge in [0.25, 0.3) is 0 Å². The number of aryl methyl sites for hydroxylation is 2. The molecule has 1 aliphatic rings. The molecule has 0 saturated carbocycles. The molecule has 1 unspecified atom stereocenters. The van der Waals surface area contributed by atoms with Crippen molar-refractivity contribution in [2.45, 2.75) is 51.6 Å². The van der Waals surface area contributed by atoms with Crippen molar-refractivity contribution in [2.75, 3.05) is 0 Å². The zero-order valence-corrected chi connectivity index (χ0v) is 14.2. The first-order valence-electron chi connectivity index (χ1n) is 7.76. The fourth-order valence-corrected chi connectivity index (χ4v) is 4.52. The van der Waals surface area contributed by atoms with E-state index in [9.17, 15) is 0 Å². The van der Waals surface area contributed by atoms with Crippen molar-refractivity contribution in [3.05, 3.63) is 56.2 Å². The molecule has 3 rings (SSSR count). The molecular formula is C18H22ClNS. The van der Waals surface area contributed by atoms with Gasteiger partial charge in [0.05, 0.1) is 0 Å². The molecule has 0 saturated heterocycles. The van der Waals surface area contributed by atoms with Gasteiger partial charge in [-0.2, -0.15) is 0 Å². The largest absolute Gasteiger partial charge is 0.303 e. The van der Waals surface area contributed by atoms with E-state index < -0.39 is 0 Å². The van der Waals surface area contributed by atoms with Crippen LogP contribution in [0.4, 0.5) is 0 Å². The number of hydrogen-bond acceptors (Lipinski definition) is 2. The highest BCUT2D eigenvalue weighted by molar-refractivity contribution is 7.12. The van der Waals surface area contributed by atoms with E-state index in [4.69, 9.17) is 11.6 Å². The van der Waals surface area contributed by atoms with E-state index in [-0.39, 0.29) is 0 Å². The number of fused-ring (bicyclic) bond motifs is 1. The first-order valence-corrected chi connectivity index (χ1v) is 8.96. The number of hydrogen-bond donors (Lipinski definition) is 1. The van der Waals surface area contributed by atoms with Crippen molar-refractivity contribution in [3.63, 3.8) is 0 Å². The molecular weight excluding hydrogens is 298 g/mol. The number of halogens is 1. The maximum atomic E-state index is 6.09. The van der Waals surface area contributed by atoms with Gasteiger partial charge in [0.2, 0.25) is 0 Å². The van der Waals surface area contributed by atoms with Crippen LogP contribution in [0.3, 0.4) is 0 Å². The van der Waals surface area contributed by atoms with Gasteiger partial charge in [0.15, 0.2) is 0 Å². The smallest absolute Gasteiger partial charge is 0.0409 e. The van der Waals surface area contributed by atoms with Gasteiger partial charge in [0, 0.05) is 26.9 Å². The van der Waals surface area contributed by atoms with Crippen molar-refractivity contribution < 1.29 is 0 Å². The van der Waals surface area contributed by atoms with E-state index >= 15 is 0 Å². The second kappa shape index (κ2) is 6.51. The SMILES string of the molecule is CC(N[C@H](C)c1cccc(Cl)c1)c1cc2c(s1)CCCC2. The van der Waals surface area contributed by atoms with Gasteiger partial charge >= 0.3 is 0 Å². The van der Waals surface area contributed by atoms with Crippen LogP contribution < -0.4 is 5.32 Å². The lowest BCUT2D eigenvalue weighted by molar-refractivity contribution is 0.500. The van der Waals surface area contributed by atoms with Gasteiger partial charge in [-0.05, 0) is 68.9 Å². The minimum Gasteiger partial charge on any atom is -0.303 e.